The molecule has 0 aliphatic heterocycles. The highest BCUT2D eigenvalue weighted by molar-refractivity contribution is 5.39. The van der Waals surface area contributed by atoms with Crippen molar-refractivity contribution < 1.29 is 5.11 Å². The standard InChI is InChI=1S/C12H19N7O/c1-4-14-9-15-10(18-12(2,3)7-20)17-11(16-9)19-6-5-13-8-19/h5-6,8,20H,4,7H2,1-3H3,(H2,14,15,16,17,18). The summed E-state index contributed by atoms with van der Waals surface area (Å²) in [4.78, 5) is 16.9. The van der Waals surface area contributed by atoms with Gasteiger partial charge >= 0.3 is 0 Å². The molecule has 0 radical (unpaired) electrons. The molecule has 8 nitrogen and oxygen atoms in total. The van der Waals surface area contributed by atoms with E-state index in [0.29, 0.717) is 24.4 Å². The Balaban J connectivity index is 2.36. The fourth-order valence-corrected chi connectivity index (χ4v) is 1.49. The maximum atomic E-state index is 9.32. The number of hydrogen-bond donors (Lipinski definition) is 3. The van der Waals surface area contributed by atoms with Crippen LogP contribution in [0.5, 0.6) is 0 Å². The molecule has 2 rings (SSSR count). The van der Waals surface area contributed by atoms with Gasteiger partial charge in [0, 0.05) is 18.9 Å². The van der Waals surface area contributed by atoms with Gasteiger partial charge in [-0.15, -0.1) is 0 Å². The Kier molecular flexibility index (Phi) is 4.14. The lowest BCUT2D eigenvalue weighted by atomic mass is 10.1. The average molecular weight is 277 g/mol. The van der Waals surface area contributed by atoms with Gasteiger partial charge in [0.25, 0.3) is 0 Å². The highest BCUT2D eigenvalue weighted by atomic mass is 16.3. The topological polar surface area (TPSA) is 101 Å². The van der Waals surface area contributed by atoms with Crippen molar-refractivity contribution in [1.82, 2.24) is 24.5 Å². The van der Waals surface area contributed by atoms with Crippen LogP contribution in [0.15, 0.2) is 18.7 Å². The van der Waals surface area contributed by atoms with Gasteiger partial charge in [0.05, 0.1) is 12.1 Å². The molecule has 0 aliphatic rings. The zero-order valence-electron chi connectivity index (χ0n) is 11.8. The van der Waals surface area contributed by atoms with Crippen LogP contribution < -0.4 is 10.6 Å². The molecule has 2 heterocycles. The maximum Gasteiger partial charge on any atom is 0.241 e. The molecule has 0 bridgehead atoms. The van der Waals surface area contributed by atoms with E-state index in [1.807, 2.05) is 20.8 Å². The first-order valence-corrected chi connectivity index (χ1v) is 6.41. The van der Waals surface area contributed by atoms with Crippen LogP contribution in [-0.2, 0) is 0 Å². The van der Waals surface area contributed by atoms with Gasteiger partial charge in [0.15, 0.2) is 0 Å². The fourth-order valence-electron chi connectivity index (χ4n) is 1.49. The third-order valence-corrected chi connectivity index (χ3v) is 2.54. The Labute approximate surface area is 117 Å². The molecular weight excluding hydrogens is 258 g/mol. The predicted octanol–water partition coefficient (Wildman–Crippen LogP) is 0.672. The lowest BCUT2D eigenvalue weighted by Crippen LogP contribution is -2.36. The van der Waals surface area contributed by atoms with Gasteiger partial charge in [0.1, 0.15) is 6.33 Å². The van der Waals surface area contributed by atoms with Crippen molar-refractivity contribution >= 4 is 11.9 Å². The molecule has 0 atom stereocenters. The molecule has 0 fully saturated rings. The average Bonchev–Trinajstić information content (AvgIpc) is 2.92. The third-order valence-electron chi connectivity index (χ3n) is 2.54. The van der Waals surface area contributed by atoms with Crippen LogP contribution in [0.4, 0.5) is 11.9 Å². The number of imidazole rings is 1. The minimum atomic E-state index is -0.517. The Morgan fingerprint density at radius 2 is 2.00 bits per heavy atom. The number of rotatable bonds is 6. The van der Waals surface area contributed by atoms with E-state index in [9.17, 15) is 5.11 Å². The monoisotopic (exact) mass is 277 g/mol. The van der Waals surface area contributed by atoms with E-state index in [1.54, 1.807) is 23.3 Å². The molecule has 2 aromatic heterocycles. The third kappa shape index (κ3) is 3.41. The van der Waals surface area contributed by atoms with E-state index >= 15 is 0 Å². The summed E-state index contributed by atoms with van der Waals surface area (Å²) in [5, 5.41) is 15.5. The number of aliphatic hydroxyl groups is 1. The second kappa shape index (κ2) is 5.83. The molecule has 8 heteroatoms. The first-order valence-electron chi connectivity index (χ1n) is 6.41. The highest BCUT2D eigenvalue weighted by Gasteiger charge is 2.18. The molecule has 0 saturated carbocycles. The Bertz CT molecular complexity index is 553. The highest BCUT2D eigenvalue weighted by Crippen LogP contribution is 2.14. The molecule has 2 aromatic rings. The lowest BCUT2D eigenvalue weighted by molar-refractivity contribution is 0.233. The fraction of sp³-hybridized carbons (Fsp3) is 0.500. The summed E-state index contributed by atoms with van der Waals surface area (Å²) < 4.78 is 1.69. The number of nitrogens with zero attached hydrogens (tertiary/aromatic N) is 5. The number of anilines is 2. The molecule has 0 spiro atoms. The van der Waals surface area contributed by atoms with E-state index in [0.717, 1.165) is 0 Å². The SMILES string of the molecule is CCNc1nc(NC(C)(C)CO)nc(-n2ccnc2)n1. The van der Waals surface area contributed by atoms with Crippen LogP contribution in [0, 0.1) is 0 Å². The Morgan fingerprint density at radius 1 is 1.25 bits per heavy atom. The van der Waals surface area contributed by atoms with Gasteiger partial charge in [-0.05, 0) is 20.8 Å². The Hall–Kier alpha value is -2.22. The van der Waals surface area contributed by atoms with Crippen molar-refractivity contribution in [2.45, 2.75) is 26.3 Å². The molecular formula is C12H19N7O. The van der Waals surface area contributed by atoms with E-state index in [1.165, 1.54) is 0 Å². The summed E-state index contributed by atoms with van der Waals surface area (Å²) in [6, 6.07) is 0. The van der Waals surface area contributed by atoms with E-state index in [-0.39, 0.29) is 6.61 Å². The summed E-state index contributed by atoms with van der Waals surface area (Å²) >= 11 is 0. The quantitative estimate of drug-likeness (QED) is 0.713. The van der Waals surface area contributed by atoms with Crippen molar-refractivity contribution in [2.24, 2.45) is 0 Å². The van der Waals surface area contributed by atoms with Crippen molar-refractivity contribution in [3.63, 3.8) is 0 Å². The van der Waals surface area contributed by atoms with Gasteiger partial charge in [-0.1, -0.05) is 0 Å². The van der Waals surface area contributed by atoms with Crippen LogP contribution >= 0.6 is 0 Å². The first kappa shape index (κ1) is 14.2. The van der Waals surface area contributed by atoms with Crippen LogP contribution in [0.25, 0.3) is 5.95 Å². The molecule has 0 aromatic carbocycles. The molecule has 3 N–H and O–H groups in total. The molecule has 0 unspecified atom stereocenters. The van der Waals surface area contributed by atoms with Gasteiger partial charge in [-0.3, -0.25) is 4.57 Å². The van der Waals surface area contributed by atoms with Crippen molar-refractivity contribution in [3.8, 4) is 5.95 Å². The zero-order chi connectivity index (χ0) is 14.6. The lowest BCUT2D eigenvalue weighted by Gasteiger charge is -2.23. The van der Waals surface area contributed by atoms with Crippen LogP contribution in [-0.4, -0.2) is 48.3 Å². The van der Waals surface area contributed by atoms with Crippen LogP contribution in [0.1, 0.15) is 20.8 Å². The summed E-state index contributed by atoms with van der Waals surface area (Å²) in [5.74, 6) is 1.34. The summed E-state index contributed by atoms with van der Waals surface area (Å²) in [7, 11) is 0. The minimum Gasteiger partial charge on any atom is -0.394 e. The normalized spacial score (nSPS) is 11.4. The second-order valence-corrected chi connectivity index (χ2v) is 4.95. The number of hydrogen-bond acceptors (Lipinski definition) is 7. The van der Waals surface area contributed by atoms with Crippen LogP contribution in [0.2, 0.25) is 0 Å². The smallest absolute Gasteiger partial charge is 0.241 e. The number of aromatic nitrogens is 5. The second-order valence-electron chi connectivity index (χ2n) is 4.95. The number of aliphatic hydroxyl groups excluding tert-OH is 1. The summed E-state index contributed by atoms with van der Waals surface area (Å²) in [6.45, 7) is 6.36. The van der Waals surface area contributed by atoms with Crippen LogP contribution in [0.3, 0.4) is 0 Å². The minimum absolute atomic E-state index is 0.0321. The zero-order valence-corrected chi connectivity index (χ0v) is 11.8. The first-order chi connectivity index (χ1) is 9.54. The molecule has 0 amide bonds. The van der Waals surface area contributed by atoms with Crippen molar-refractivity contribution in [1.29, 1.82) is 0 Å². The molecule has 108 valence electrons. The summed E-state index contributed by atoms with van der Waals surface area (Å²) in [6.07, 6.45) is 5.03. The van der Waals surface area contributed by atoms with Gasteiger partial charge < -0.3 is 15.7 Å². The van der Waals surface area contributed by atoms with Gasteiger partial charge in [-0.2, -0.15) is 15.0 Å². The van der Waals surface area contributed by atoms with Gasteiger partial charge in [0.2, 0.25) is 17.8 Å². The number of nitrogens with one attached hydrogen (secondary N) is 2. The Morgan fingerprint density at radius 3 is 2.60 bits per heavy atom. The van der Waals surface area contributed by atoms with Crippen molar-refractivity contribution in [2.75, 3.05) is 23.8 Å². The van der Waals surface area contributed by atoms with Gasteiger partial charge in [-0.25, -0.2) is 4.98 Å². The molecule has 20 heavy (non-hydrogen) atoms. The predicted molar refractivity (Wildman–Crippen MR) is 75.9 cm³/mol. The molecule has 0 aliphatic carbocycles. The maximum absolute atomic E-state index is 9.32. The van der Waals surface area contributed by atoms with E-state index < -0.39 is 5.54 Å². The van der Waals surface area contributed by atoms with E-state index in [2.05, 4.69) is 30.6 Å². The largest absolute Gasteiger partial charge is 0.394 e. The van der Waals surface area contributed by atoms with Crippen molar-refractivity contribution in [3.05, 3.63) is 18.7 Å². The van der Waals surface area contributed by atoms with E-state index in [4.69, 9.17) is 0 Å². The molecule has 0 saturated heterocycles. The summed E-state index contributed by atoms with van der Waals surface area (Å²) in [5.41, 5.74) is -0.517.